The van der Waals surface area contributed by atoms with E-state index in [1.807, 2.05) is 0 Å². The van der Waals surface area contributed by atoms with Crippen molar-refractivity contribution in [1.29, 1.82) is 0 Å². The van der Waals surface area contributed by atoms with Gasteiger partial charge in [0.2, 0.25) is 0 Å². The minimum absolute atomic E-state index is 0.312. The van der Waals surface area contributed by atoms with Gasteiger partial charge < -0.3 is 0 Å². The fourth-order valence-corrected chi connectivity index (χ4v) is 1.86. The van der Waals surface area contributed by atoms with E-state index in [2.05, 4.69) is 11.8 Å². The topological polar surface area (TPSA) is 3.24 Å². The highest BCUT2D eigenvalue weighted by Gasteiger charge is 2.18. The molecule has 60 valence electrons. The zero-order chi connectivity index (χ0) is 7.40. The quantitative estimate of drug-likeness (QED) is 0.454. The Morgan fingerprint density at radius 2 is 2.00 bits per heavy atom. The van der Waals surface area contributed by atoms with Crippen LogP contribution in [0.15, 0.2) is 0 Å². The van der Waals surface area contributed by atoms with Gasteiger partial charge in [0, 0.05) is 0 Å². The lowest BCUT2D eigenvalue weighted by atomic mass is 10.3. The van der Waals surface area contributed by atoms with Crippen LogP contribution in [0, 0.1) is 0 Å². The molecule has 2 heteroatoms. The summed E-state index contributed by atoms with van der Waals surface area (Å²) >= 11 is 6.11. The average Bonchev–Trinajstić information content (AvgIpc) is 2.38. The number of likely N-dealkylation sites (tertiary alicyclic amines) is 1. The standard InChI is InChI=1S/C8H16ClN/c1-2-5-8(9)10-6-3-4-7-10/h8H,2-7H2,1H3. The van der Waals surface area contributed by atoms with Crippen molar-refractivity contribution in [2.45, 2.75) is 38.1 Å². The lowest BCUT2D eigenvalue weighted by molar-refractivity contribution is 0.298. The maximum Gasteiger partial charge on any atom is 0.0850 e. The monoisotopic (exact) mass is 161 g/mol. The summed E-state index contributed by atoms with van der Waals surface area (Å²) < 4.78 is 0. The summed E-state index contributed by atoms with van der Waals surface area (Å²) in [4.78, 5) is 2.38. The van der Waals surface area contributed by atoms with Crippen LogP contribution in [0.1, 0.15) is 32.6 Å². The molecule has 0 N–H and O–H groups in total. The van der Waals surface area contributed by atoms with Crippen molar-refractivity contribution in [2.75, 3.05) is 13.1 Å². The van der Waals surface area contributed by atoms with Crippen molar-refractivity contribution in [3.8, 4) is 0 Å². The first-order valence-electron chi connectivity index (χ1n) is 4.22. The first-order chi connectivity index (χ1) is 4.84. The molecule has 1 fully saturated rings. The Labute approximate surface area is 68.4 Å². The molecule has 1 saturated heterocycles. The molecule has 0 saturated carbocycles. The molecule has 1 unspecified atom stereocenters. The molecule has 1 aliphatic heterocycles. The first-order valence-corrected chi connectivity index (χ1v) is 4.66. The Balaban J connectivity index is 2.18. The molecule has 0 amide bonds. The minimum Gasteiger partial charge on any atom is -0.287 e. The Hall–Kier alpha value is 0.250. The highest BCUT2D eigenvalue weighted by atomic mass is 35.5. The first kappa shape index (κ1) is 8.35. The van der Waals surface area contributed by atoms with E-state index in [9.17, 15) is 0 Å². The molecule has 0 aromatic heterocycles. The van der Waals surface area contributed by atoms with Gasteiger partial charge in [-0.05, 0) is 32.4 Å². The summed E-state index contributed by atoms with van der Waals surface area (Å²) in [5, 5.41) is 0. The third-order valence-corrected chi connectivity index (χ3v) is 2.56. The van der Waals surface area contributed by atoms with E-state index in [0.29, 0.717) is 5.50 Å². The number of nitrogens with zero attached hydrogens (tertiary/aromatic N) is 1. The molecule has 1 aliphatic rings. The van der Waals surface area contributed by atoms with Gasteiger partial charge in [0.15, 0.2) is 0 Å². The van der Waals surface area contributed by atoms with E-state index in [0.717, 1.165) is 6.42 Å². The molecular weight excluding hydrogens is 146 g/mol. The molecule has 0 spiro atoms. The summed E-state index contributed by atoms with van der Waals surface area (Å²) in [5.74, 6) is 0. The van der Waals surface area contributed by atoms with E-state index in [1.165, 1.54) is 32.4 Å². The second-order valence-corrected chi connectivity index (χ2v) is 3.47. The molecule has 1 atom stereocenters. The van der Waals surface area contributed by atoms with Crippen LogP contribution in [0.4, 0.5) is 0 Å². The molecule has 1 heterocycles. The van der Waals surface area contributed by atoms with Crippen molar-refractivity contribution in [3.05, 3.63) is 0 Å². The van der Waals surface area contributed by atoms with Crippen LogP contribution in [0.5, 0.6) is 0 Å². The van der Waals surface area contributed by atoms with E-state index >= 15 is 0 Å². The van der Waals surface area contributed by atoms with Gasteiger partial charge in [-0.3, -0.25) is 4.90 Å². The van der Waals surface area contributed by atoms with Gasteiger partial charge in [0.25, 0.3) is 0 Å². The van der Waals surface area contributed by atoms with E-state index < -0.39 is 0 Å². The summed E-state index contributed by atoms with van der Waals surface area (Å²) in [7, 11) is 0. The van der Waals surface area contributed by atoms with Gasteiger partial charge in [-0.15, -0.1) is 11.6 Å². The van der Waals surface area contributed by atoms with Crippen molar-refractivity contribution in [1.82, 2.24) is 4.90 Å². The lowest BCUT2D eigenvalue weighted by Gasteiger charge is -2.20. The van der Waals surface area contributed by atoms with Gasteiger partial charge in [0.05, 0.1) is 5.50 Å². The molecule has 0 radical (unpaired) electrons. The summed E-state index contributed by atoms with van der Waals surface area (Å²) in [6.45, 7) is 4.62. The fourth-order valence-electron chi connectivity index (χ4n) is 1.44. The maximum absolute atomic E-state index is 6.11. The predicted octanol–water partition coefficient (Wildman–Crippen LogP) is 2.45. The normalized spacial score (nSPS) is 23.4. The lowest BCUT2D eigenvalue weighted by Crippen LogP contribution is -2.27. The van der Waals surface area contributed by atoms with Crippen LogP contribution in [0.2, 0.25) is 0 Å². The van der Waals surface area contributed by atoms with Crippen molar-refractivity contribution in [3.63, 3.8) is 0 Å². The Bertz CT molecular complexity index is 89.3. The third-order valence-electron chi connectivity index (χ3n) is 2.06. The van der Waals surface area contributed by atoms with Crippen LogP contribution in [0.25, 0.3) is 0 Å². The second kappa shape index (κ2) is 4.20. The van der Waals surface area contributed by atoms with Crippen LogP contribution >= 0.6 is 11.6 Å². The Kier molecular flexibility index (Phi) is 3.50. The SMILES string of the molecule is CCCC(Cl)N1CCCC1. The van der Waals surface area contributed by atoms with Crippen LogP contribution < -0.4 is 0 Å². The highest BCUT2D eigenvalue weighted by Crippen LogP contribution is 2.17. The zero-order valence-electron chi connectivity index (χ0n) is 6.65. The minimum atomic E-state index is 0.312. The largest absolute Gasteiger partial charge is 0.287 e. The number of hydrogen-bond donors (Lipinski definition) is 0. The molecular formula is C8H16ClN. The molecule has 0 aromatic rings. The van der Waals surface area contributed by atoms with E-state index in [-0.39, 0.29) is 0 Å². The molecule has 0 aromatic carbocycles. The molecule has 0 aliphatic carbocycles. The summed E-state index contributed by atoms with van der Waals surface area (Å²) in [6.07, 6.45) is 5.02. The zero-order valence-corrected chi connectivity index (χ0v) is 7.40. The molecule has 10 heavy (non-hydrogen) atoms. The molecule has 0 bridgehead atoms. The van der Waals surface area contributed by atoms with Crippen molar-refractivity contribution >= 4 is 11.6 Å². The van der Waals surface area contributed by atoms with Crippen LogP contribution in [-0.4, -0.2) is 23.5 Å². The predicted molar refractivity (Wildman–Crippen MR) is 45.4 cm³/mol. The Morgan fingerprint density at radius 3 is 2.50 bits per heavy atom. The van der Waals surface area contributed by atoms with Crippen molar-refractivity contribution in [2.24, 2.45) is 0 Å². The molecule has 1 rings (SSSR count). The third kappa shape index (κ3) is 2.14. The van der Waals surface area contributed by atoms with Gasteiger partial charge in [0.1, 0.15) is 0 Å². The summed E-state index contributed by atoms with van der Waals surface area (Å²) in [6, 6.07) is 0. The highest BCUT2D eigenvalue weighted by molar-refractivity contribution is 6.20. The Morgan fingerprint density at radius 1 is 1.40 bits per heavy atom. The average molecular weight is 162 g/mol. The number of rotatable bonds is 3. The molecule has 1 nitrogen and oxygen atoms in total. The van der Waals surface area contributed by atoms with Crippen LogP contribution in [0.3, 0.4) is 0 Å². The smallest absolute Gasteiger partial charge is 0.0850 e. The van der Waals surface area contributed by atoms with Gasteiger partial charge >= 0.3 is 0 Å². The van der Waals surface area contributed by atoms with Crippen molar-refractivity contribution < 1.29 is 0 Å². The van der Waals surface area contributed by atoms with Gasteiger partial charge in [-0.25, -0.2) is 0 Å². The maximum atomic E-state index is 6.11. The second-order valence-electron chi connectivity index (χ2n) is 2.97. The van der Waals surface area contributed by atoms with Gasteiger partial charge in [-0.2, -0.15) is 0 Å². The number of alkyl halides is 1. The van der Waals surface area contributed by atoms with E-state index in [4.69, 9.17) is 11.6 Å². The van der Waals surface area contributed by atoms with E-state index in [1.54, 1.807) is 0 Å². The fraction of sp³-hybridized carbons (Fsp3) is 1.00. The van der Waals surface area contributed by atoms with Crippen LogP contribution in [-0.2, 0) is 0 Å². The summed E-state index contributed by atoms with van der Waals surface area (Å²) in [5.41, 5.74) is 0.312. The van der Waals surface area contributed by atoms with Gasteiger partial charge in [-0.1, -0.05) is 13.3 Å². The number of hydrogen-bond acceptors (Lipinski definition) is 1. The number of halogens is 1.